The van der Waals surface area contributed by atoms with Crippen LogP contribution >= 0.6 is 34.9 Å². The van der Waals surface area contributed by atoms with Gasteiger partial charge in [-0.25, -0.2) is 0 Å². The average molecular weight is 387 g/mol. The van der Waals surface area contributed by atoms with Crippen LogP contribution in [0.1, 0.15) is 38.5 Å². The number of nitrogens with two attached hydrogens (primary N) is 1. The minimum absolute atomic E-state index is 0.203. The van der Waals surface area contributed by atoms with Gasteiger partial charge in [-0.2, -0.15) is 0 Å². The van der Waals surface area contributed by atoms with Crippen LogP contribution in [-0.2, 0) is 9.59 Å². The lowest BCUT2D eigenvalue weighted by molar-refractivity contribution is -0.134. The Hall–Kier alpha value is -0.800. The van der Waals surface area contributed by atoms with Crippen molar-refractivity contribution in [3.05, 3.63) is 0 Å². The minimum Gasteiger partial charge on any atom is -0.369 e. The molecule has 1 aliphatic carbocycles. The molecule has 1 aliphatic heterocycles. The zero-order chi connectivity index (χ0) is 16.9. The summed E-state index contributed by atoms with van der Waals surface area (Å²) in [6.45, 7) is 0.899. The molecule has 2 heterocycles. The number of amides is 2. The molecule has 9 heteroatoms. The van der Waals surface area contributed by atoms with E-state index in [1.165, 1.54) is 60.5 Å². The van der Waals surface area contributed by atoms with Crippen LogP contribution < -0.4 is 5.73 Å². The predicted octanol–water partition coefficient (Wildman–Crippen LogP) is 2.39. The fourth-order valence-corrected chi connectivity index (χ4v) is 6.23. The van der Waals surface area contributed by atoms with Gasteiger partial charge in [-0.1, -0.05) is 47.7 Å². The van der Waals surface area contributed by atoms with E-state index in [9.17, 15) is 9.59 Å². The van der Waals surface area contributed by atoms with Crippen LogP contribution in [0.25, 0.3) is 0 Å². The van der Waals surface area contributed by atoms with Crippen molar-refractivity contribution >= 4 is 46.7 Å². The molecule has 1 saturated heterocycles. The first-order chi connectivity index (χ1) is 11.6. The maximum atomic E-state index is 12.6. The maximum absolute atomic E-state index is 12.6. The van der Waals surface area contributed by atoms with Crippen LogP contribution in [0, 0.1) is 5.92 Å². The molecule has 0 radical (unpaired) electrons. The molecule has 0 spiro atoms. The molecule has 3 rings (SSSR count). The van der Waals surface area contributed by atoms with E-state index in [1.807, 2.05) is 0 Å². The van der Waals surface area contributed by atoms with Crippen LogP contribution in [0.2, 0.25) is 0 Å². The van der Waals surface area contributed by atoms with Crippen molar-refractivity contribution in [2.24, 2.45) is 11.7 Å². The first-order valence-electron chi connectivity index (χ1n) is 8.30. The van der Waals surface area contributed by atoms with Crippen molar-refractivity contribution in [2.75, 3.05) is 18.1 Å². The molecule has 1 aromatic rings. The third-order valence-electron chi connectivity index (χ3n) is 4.61. The molecule has 0 bridgehead atoms. The molecular formula is C15H22N4O2S3. The van der Waals surface area contributed by atoms with Gasteiger partial charge in [-0.3, -0.25) is 9.59 Å². The number of carbonyl (C=O) groups is 2. The quantitative estimate of drug-likeness (QED) is 0.755. The summed E-state index contributed by atoms with van der Waals surface area (Å²) < 4.78 is 1.49. The summed E-state index contributed by atoms with van der Waals surface area (Å²) in [6, 6.07) is 0.455. The summed E-state index contributed by atoms with van der Waals surface area (Å²) in [5.74, 6) is 1.18. The van der Waals surface area contributed by atoms with Crippen molar-refractivity contribution in [2.45, 2.75) is 53.2 Å². The van der Waals surface area contributed by atoms with Gasteiger partial charge < -0.3 is 10.6 Å². The highest BCUT2D eigenvalue weighted by molar-refractivity contribution is 8.03. The lowest BCUT2D eigenvalue weighted by Gasteiger charge is -2.44. The van der Waals surface area contributed by atoms with E-state index >= 15 is 0 Å². The van der Waals surface area contributed by atoms with Crippen molar-refractivity contribution in [3.63, 3.8) is 0 Å². The van der Waals surface area contributed by atoms with Crippen LogP contribution in [0.3, 0.4) is 0 Å². The van der Waals surface area contributed by atoms with Gasteiger partial charge in [0.2, 0.25) is 11.8 Å². The van der Waals surface area contributed by atoms with Crippen LogP contribution in [-0.4, -0.2) is 51.0 Å². The van der Waals surface area contributed by atoms with E-state index < -0.39 is 0 Å². The molecule has 0 unspecified atom stereocenters. The number of carbonyl (C=O) groups excluding carboxylic acids is 2. The van der Waals surface area contributed by atoms with Crippen LogP contribution in [0.4, 0.5) is 0 Å². The van der Waals surface area contributed by atoms with Crippen molar-refractivity contribution in [3.8, 4) is 0 Å². The third kappa shape index (κ3) is 4.64. The van der Waals surface area contributed by atoms with Gasteiger partial charge in [0.15, 0.2) is 8.68 Å². The number of aromatic nitrogens is 2. The van der Waals surface area contributed by atoms with Gasteiger partial charge in [0.1, 0.15) is 0 Å². The number of fused-ring (bicyclic) bond motifs is 1. The lowest BCUT2D eigenvalue weighted by atomic mass is 9.78. The highest BCUT2D eigenvalue weighted by Gasteiger charge is 2.35. The number of hydrogen-bond acceptors (Lipinski definition) is 7. The van der Waals surface area contributed by atoms with Crippen molar-refractivity contribution in [1.29, 1.82) is 0 Å². The standard InChI is InChI=1S/C15H22N4O2S3/c16-12(20)8-22-14-17-18-15(24-14)23-9-13(21)19-7-3-5-10-4-1-2-6-11(10)19/h10-11H,1-9H2,(H2,16,20)/t10-,11+/m0/s1. The summed E-state index contributed by atoms with van der Waals surface area (Å²) in [4.78, 5) is 25.5. The SMILES string of the molecule is NC(=O)CSc1nnc(SCC(=O)N2CCC[C@@H]3CCCC[C@H]32)s1. The van der Waals surface area contributed by atoms with Gasteiger partial charge in [-0.15, -0.1) is 10.2 Å². The molecule has 132 valence electrons. The van der Waals surface area contributed by atoms with Crippen LogP contribution in [0.15, 0.2) is 8.68 Å². The topological polar surface area (TPSA) is 89.2 Å². The summed E-state index contributed by atoms with van der Waals surface area (Å²) in [6.07, 6.45) is 7.40. The smallest absolute Gasteiger partial charge is 0.233 e. The minimum atomic E-state index is -0.369. The predicted molar refractivity (Wildman–Crippen MR) is 97.2 cm³/mol. The number of likely N-dealkylation sites (tertiary alicyclic amines) is 1. The van der Waals surface area contributed by atoms with Crippen molar-refractivity contribution < 1.29 is 9.59 Å². The van der Waals surface area contributed by atoms with E-state index in [0.29, 0.717) is 22.1 Å². The van der Waals surface area contributed by atoms with E-state index in [1.54, 1.807) is 0 Å². The number of piperidine rings is 1. The molecule has 2 fully saturated rings. The molecule has 1 saturated carbocycles. The van der Waals surface area contributed by atoms with Gasteiger partial charge in [0.05, 0.1) is 11.5 Å². The van der Waals surface area contributed by atoms with E-state index in [4.69, 9.17) is 5.73 Å². The maximum Gasteiger partial charge on any atom is 0.233 e. The summed E-state index contributed by atoms with van der Waals surface area (Å²) in [5.41, 5.74) is 5.12. The Morgan fingerprint density at radius 2 is 1.75 bits per heavy atom. The zero-order valence-corrected chi connectivity index (χ0v) is 15.9. The molecule has 24 heavy (non-hydrogen) atoms. The second kappa shape index (κ2) is 8.53. The molecule has 2 amide bonds. The highest BCUT2D eigenvalue weighted by atomic mass is 32.2. The van der Waals surface area contributed by atoms with Gasteiger partial charge in [0, 0.05) is 12.6 Å². The van der Waals surface area contributed by atoms with E-state index in [2.05, 4.69) is 15.1 Å². The molecule has 6 nitrogen and oxygen atoms in total. The van der Waals surface area contributed by atoms with Gasteiger partial charge in [0.25, 0.3) is 0 Å². The van der Waals surface area contributed by atoms with Crippen LogP contribution in [0.5, 0.6) is 0 Å². The first-order valence-corrected chi connectivity index (χ1v) is 11.1. The Morgan fingerprint density at radius 1 is 1.08 bits per heavy atom. The van der Waals surface area contributed by atoms with Gasteiger partial charge >= 0.3 is 0 Å². The highest BCUT2D eigenvalue weighted by Crippen LogP contribution is 2.36. The molecular weight excluding hydrogens is 364 g/mol. The summed E-state index contributed by atoms with van der Waals surface area (Å²) >= 11 is 4.14. The number of nitrogens with zero attached hydrogens (tertiary/aromatic N) is 3. The largest absolute Gasteiger partial charge is 0.369 e. The Bertz CT molecular complexity index is 593. The lowest BCUT2D eigenvalue weighted by Crippen LogP contribution is -2.50. The number of primary amides is 1. The second-order valence-corrected chi connectivity index (χ2v) is 9.64. The molecule has 1 aromatic heterocycles. The normalized spacial score (nSPS) is 23.8. The number of thioether (sulfide) groups is 2. The molecule has 2 N–H and O–H groups in total. The Morgan fingerprint density at radius 3 is 2.50 bits per heavy atom. The molecule has 2 aliphatic rings. The summed E-state index contributed by atoms with van der Waals surface area (Å²) in [7, 11) is 0. The summed E-state index contributed by atoms with van der Waals surface area (Å²) in [5, 5.41) is 8.10. The number of hydrogen-bond donors (Lipinski definition) is 1. The zero-order valence-electron chi connectivity index (χ0n) is 13.5. The second-order valence-electron chi connectivity index (χ2n) is 6.22. The molecule has 2 atom stereocenters. The van der Waals surface area contributed by atoms with Gasteiger partial charge in [-0.05, 0) is 31.6 Å². The third-order valence-corrected chi connectivity index (χ3v) is 7.81. The van der Waals surface area contributed by atoms with E-state index in [-0.39, 0.29) is 17.6 Å². The molecule has 0 aromatic carbocycles. The Kier molecular flexibility index (Phi) is 6.40. The Balaban J connectivity index is 1.50. The monoisotopic (exact) mass is 386 g/mol. The Labute approximate surface area is 154 Å². The number of rotatable bonds is 6. The first kappa shape index (κ1) is 18.0. The van der Waals surface area contributed by atoms with Crippen molar-refractivity contribution in [1.82, 2.24) is 15.1 Å². The van der Waals surface area contributed by atoms with E-state index in [0.717, 1.165) is 23.7 Å². The fraction of sp³-hybridized carbons (Fsp3) is 0.733. The average Bonchev–Trinajstić information content (AvgIpc) is 3.05. The fourth-order valence-electron chi connectivity index (χ4n) is 3.59.